The molecule has 0 aromatic carbocycles. The average Bonchev–Trinajstić information content (AvgIpc) is 1.72. The molecule has 0 fully saturated rings. The van der Waals surface area contributed by atoms with Crippen molar-refractivity contribution in [3.63, 3.8) is 0 Å². The van der Waals surface area contributed by atoms with Crippen molar-refractivity contribution in [3.8, 4) is 0 Å². The molecule has 1 heterocycles. The van der Waals surface area contributed by atoms with Crippen LogP contribution in [-0.4, -0.2) is 12.8 Å². The zero-order valence-electron chi connectivity index (χ0n) is 3.59. The molecule has 0 saturated heterocycles. The molecule has 0 N–H and O–H groups in total. The van der Waals surface area contributed by atoms with E-state index >= 15 is 0 Å². The largest absolute Gasteiger partial charge is 0.293 e. The predicted molar refractivity (Wildman–Crippen MR) is 27.1 cm³/mol. The van der Waals surface area contributed by atoms with Gasteiger partial charge in [0.1, 0.15) is 0 Å². The summed E-state index contributed by atoms with van der Waals surface area (Å²) in [4.78, 5) is 3.97. The van der Waals surface area contributed by atoms with Crippen LogP contribution in [0.15, 0.2) is 17.1 Å². The molecule has 0 aliphatic carbocycles. The smallest absolute Gasteiger partial charge is 0.0566 e. The highest BCUT2D eigenvalue weighted by atomic mass is 14.7. The summed E-state index contributed by atoms with van der Waals surface area (Å²) in [7, 11) is 0. The minimum absolute atomic E-state index is 0.889. The van der Waals surface area contributed by atoms with Crippen LogP contribution in [0.4, 0.5) is 0 Å². The van der Waals surface area contributed by atoms with E-state index in [1.807, 2.05) is 6.21 Å². The monoisotopic (exact) mass is 81.1 g/mol. The van der Waals surface area contributed by atoms with E-state index in [2.05, 4.69) is 17.1 Å². The van der Waals surface area contributed by atoms with Crippen LogP contribution < -0.4 is 0 Å². The highest BCUT2D eigenvalue weighted by Gasteiger charge is 1.76. The number of rotatable bonds is 0. The van der Waals surface area contributed by atoms with Gasteiger partial charge < -0.3 is 0 Å². The fourth-order valence-electron chi connectivity index (χ4n) is 0.442. The lowest BCUT2D eigenvalue weighted by Gasteiger charge is -1.87. The second kappa shape index (κ2) is 1.75. The molecule has 0 bridgehead atoms. The van der Waals surface area contributed by atoms with Crippen LogP contribution in [0.3, 0.4) is 0 Å². The quantitative estimate of drug-likeness (QED) is 0.386. The molecule has 1 aliphatic heterocycles. The normalized spacial score (nSPS) is 18.7. The summed E-state index contributed by atoms with van der Waals surface area (Å²) in [5, 5.41) is 0. The first kappa shape index (κ1) is 3.59. The molecule has 0 atom stereocenters. The molecule has 0 aromatic heterocycles. The van der Waals surface area contributed by atoms with Crippen LogP contribution in [0.5, 0.6) is 0 Å². The summed E-state index contributed by atoms with van der Waals surface area (Å²) < 4.78 is 0. The predicted octanol–water partition coefficient (Wildman–Crippen LogP) is 1.02. The van der Waals surface area contributed by atoms with Crippen molar-refractivity contribution >= 4 is 6.21 Å². The molecular formula is C5H7N. The van der Waals surface area contributed by atoms with Gasteiger partial charge in [0.15, 0.2) is 0 Å². The van der Waals surface area contributed by atoms with Gasteiger partial charge in [-0.3, -0.25) is 4.99 Å². The molecule has 1 aliphatic rings. The van der Waals surface area contributed by atoms with Crippen LogP contribution in [-0.2, 0) is 0 Å². The van der Waals surface area contributed by atoms with Crippen molar-refractivity contribution in [3.05, 3.63) is 12.2 Å². The Kier molecular flexibility index (Phi) is 1.05. The van der Waals surface area contributed by atoms with E-state index in [4.69, 9.17) is 0 Å². The van der Waals surface area contributed by atoms with Gasteiger partial charge in [0.05, 0.1) is 6.54 Å². The minimum atomic E-state index is 0.889. The van der Waals surface area contributed by atoms with Crippen LogP contribution in [0.2, 0.25) is 0 Å². The summed E-state index contributed by atoms with van der Waals surface area (Å²) in [6.07, 6.45) is 7.15. The summed E-state index contributed by atoms with van der Waals surface area (Å²) in [5.74, 6) is 0. The fourth-order valence-corrected chi connectivity index (χ4v) is 0.442. The van der Waals surface area contributed by atoms with Gasteiger partial charge >= 0.3 is 0 Å². The molecule has 6 heavy (non-hydrogen) atoms. The molecule has 1 heteroatoms. The van der Waals surface area contributed by atoms with Gasteiger partial charge in [0.25, 0.3) is 0 Å². The first-order valence-corrected chi connectivity index (χ1v) is 2.13. The maximum Gasteiger partial charge on any atom is 0.0566 e. The van der Waals surface area contributed by atoms with Gasteiger partial charge in [-0.2, -0.15) is 0 Å². The first-order chi connectivity index (χ1) is 3.00. The Morgan fingerprint density at radius 1 is 1.33 bits per heavy atom. The number of hydrogen-bond acceptors (Lipinski definition) is 1. The standard InChI is InChI=1S/C5H7N/c1-2-4-6-5-3-1/h1-2,5H,3-4H2. The summed E-state index contributed by atoms with van der Waals surface area (Å²) in [6.45, 7) is 0.889. The van der Waals surface area contributed by atoms with Crippen LogP contribution in [0, 0.1) is 0 Å². The van der Waals surface area contributed by atoms with E-state index in [1.165, 1.54) is 0 Å². The van der Waals surface area contributed by atoms with E-state index in [0.717, 1.165) is 13.0 Å². The van der Waals surface area contributed by atoms with E-state index in [1.54, 1.807) is 0 Å². The molecule has 0 radical (unpaired) electrons. The van der Waals surface area contributed by atoms with E-state index < -0.39 is 0 Å². The van der Waals surface area contributed by atoms with Gasteiger partial charge in [-0.15, -0.1) is 0 Å². The Morgan fingerprint density at radius 3 is 2.50 bits per heavy atom. The molecule has 1 rings (SSSR count). The maximum absolute atomic E-state index is 3.97. The third-order valence-electron chi connectivity index (χ3n) is 0.748. The van der Waals surface area contributed by atoms with Gasteiger partial charge in [0, 0.05) is 12.6 Å². The van der Waals surface area contributed by atoms with E-state index in [9.17, 15) is 0 Å². The minimum Gasteiger partial charge on any atom is -0.293 e. The molecule has 0 saturated carbocycles. The lowest BCUT2D eigenvalue weighted by Crippen LogP contribution is -1.80. The molecular weight excluding hydrogens is 74.1 g/mol. The zero-order valence-corrected chi connectivity index (χ0v) is 3.59. The molecule has 1 nitrogen and oxygen atoms in total. The van der Waals surface area contributed by atoms with Crippen LogP contribution >= 0.6 is 0 Å². The number of allylic oxidation sites excluding steroid dienone is 1. The van der Waals surface area contributed by atoms with Crippen molar-refractivity contribution in [1.82, 2.24) is 0 Å². The topological polar surface area (TPSA) is 12.4 Å². The maximum atomic E-state index is 3.97. The zero-order chi connectivity index (χ0) is 4.24. The van der Waals surface area contributed by atoms with Gasteiger partial charge in [0.2, 0.25) is 0 Å². The molecule has 0 unspecified atom stereocenters. The van der Waals surface area contributed by atoms with E-state index in [-0.39, 0.29) is 0 Å². The lowest BCUT2D eigenvalue weighted by atomic mass is 10.3. The SMILES string of the molecule is C1=CCN=CC1. The second-order valence-electron chi connectivity index (χ2n) is 1.25. The third kappa shape index (κ3) is 0.677. The van der Waals surface area contributed by atoms with Crippen molar-refractivity contribution in [1.29, 1.82) is 0 Å². The molecule has 0 spiro atoms. The number of nitrogens with zero attached hydrogens (tertiary/aromatic N) is 1. The van der Waals surface area contributed by atoms with Gasteiger partial charge in [-0.25, -0.2) is 0 Å². The van der Waals surface area contributed by atoms with Crippen molar-refractivity contribution in [2.75, 3.05) is 6.54 Å². The molecule has 0 aromatic rings. The Labute approximate surface area is 37.4 Å². The van der Waals surface area contributed by atoms with E-state index in [0.29, 0.717) is 0 Å². The first-order valence-electron chi connectivity index (χ1n) is 2.13. The van der Waals surface area contributed by atoms with Gasteiger partial charge in [-0.05, 0) is 0 Å². The second-order valence-corrected chi connectivity index (χ2v) is 1.25. The summed E-state index contributed by atoms with van der Waals surface area (Å²) in [6, 6.07) is 0. The highest BCUT2D eigenvalue weighted by Crippen LogP contribution is 1.85. The highest BCUT2D eigenvalue weighted by molar-refractivity contribution is 5.60. The van der Waals surface area contributed by atoms with Crippen LogP contribution in [0.25, 0.3) is 0 Å². The Balaban J connectivity index is 2.40. The molecule has 0 amide bonds. The number of aliphatic imine (C=N–C) groups is 1. The number of dihydropyridines is 1. The Morgan fingerprint density at radius 2 is 2.33 bits per heavy atom. The average molecular weight is 81.1 g/mol. The van der Waals surface area contributed by atoms with Crippen molar-refractivity contribution in [2.24, 2.45) is 4.99 Å². The Hall–Kier alpha value is -0.590. The van der Waals surface area contributed by atoms with Gasteiger partial charge in [-0.1, -0.05) is 12.2 Å². The molecule has 32 valence electrons. The summed E-state index contributed by atoms with van der Waals surface area (Å²) >= 11 is 0. The van der Waals surface area contributed by atoms with Crippen molar-refractivity contribution in [2.45, 2.75) is 6.42 Å². The third-order valence-corrected chi connectivity index (χ3v) is 0.748. The lowest BCUT2D eigenvalue weighted by molar-refractivity contribution is 1.19. The Bertz CT molecular complexity index is 61.9. The summed E-state index contributed by atoms with van der Waals surface area (Å²) in [5.41, 5.74) is 0. The number of hydrogen-bond donors (Lipinski definition) is 0. The van der Waals surface area contributed by atoms with Crippen molar-refractivity contribution < 1.29 is 0 Å². The van der Waals surface area contributed by atoms with Crippen LogP contribution in [0.1, 0.15) is 6.42 Å². The fraction of sp³-hybridized carbons (Fsp3) is 0.400.